The first kappa shape index (κ1) is 16.2. The van der Waals surface area contributed by atoms with Crippen LogP contribution in [0.3, 0.4) is 0 Å². The maximum absolute atomic E-state index is 12.1. The van der Waals surface area contributed by atoms with Crippen LogP contribution in [0.4, 0.5) is 19.3 Å². The number of ether oxygens (including phenoxy) is 1. The predicted molar refractivity (Wildman–Crippen MR) is 79.6 cm³/mol. The van der Waals surface area contributed by atoms with Crippen LogP contribution < -0.4 is 10.2 Å². The number of nitrogens with zero attached hydrogens (tertiary/aromatic N) is 2. The number of rotatable bonds is 5. The van der Waals surface area contributed by atoms with E-state index in [-0.39, 0.29) is 13.1 Å². The van der Waals surface area contributed by atoms with Crippen molar-refractivity contribution in [2.45, 2.75) is 30.8 Å². The molecule has 8 heteroatoms. The lowest BCUT2D eigenvalue weighted by Gasteiger charge is -2.14. The molecule has 24 heavy (non-hydrogen) atoms. The van der Waals surface area contributed by atoms with Crippen LogP contribution in [-0.4, -0.2) is 37.6 Å². The zero-order valence-electron chi connectivity index (χ0n) is 12.7. The molecule has 0 aromatic heterocycles. The molecule has 3 rings (SSSR count). The number of hydrogen-bond acceptors (Lipinski definition) is 4. The minimum Gasteiger partial charge on any atom is -0.442 e. The Bertz CT molecular complexity index is 696. The lowest BCUT2D eigenvalue weighted by Crippen LogP contribution is -2.37. The van der Waals surface area contributed by atoms with Crippen molar-refractivity contribution in [1.29, 1.82) is 5.26 Å². The Hall–Kier alpha value is -2.69. The van der Waals surface area contributed by atoms with Crippen molar-refractivity contribution in [3.05, 3.63) is 29.8 Å². The Kier molecular flexibility index (Phi) is 4.09. The van der Waals surface area contributed by atoms with Gasteiger partial charge in [0, 0.05) is 5.69 Å². The molecule has 2 fully saturated rings. The van der Waals surface area contributed by atoms with E-state index in [9.17, 15) is 23.6 Å². The highest BCUT2D eigenvalue weighted by Gasteiger charge is 2.45. The molecular weight excluding hydrogens is 320 g/mol. The Labute approximate surface area is 137 Å². The first-order valence-electron chi connectivity index (χ1n) is 7.51. The monoisotopic (exact) mass is 335 g/mol. The molecule has 1 aliphatic heterocycles. The van der Waals surface area contributed by atoms with Crippen LogP contribution in [0.25, 0.3) is 0 Å². The molecule has 0 bridgehead atoms. The minimum atomic E-state index is -3.10. The van der Waals surface area contributed by atoms with E-state index in [0.29, 0.717) is 5.69 Å². The summed E-state index contributed by atoms with van der Waals surface area (Å²) >= 11 is 0. The smallest absolute Gasteiger partial charge is 0.414 e. The van der Waals surface area contributed by atoms with E-state index in [1.54, 1.807) is 12.1 Å². The molecule has 1 saturated carbocycles. The summed E-state index contributed by atoms with van der Waals surface area (Å²) in [4.78, 5) is 24.1. The number of nitriles is 1. The van der Waals surface area contributed by atoms with Gasteiger partial charge in [-0.05, 0) is 30.5 Å². The van der Waals surface area contributed by atoms with E-state index in [4.69, 9.17) is 4.74 Å². The van der Waals surface area contributed by atoms with Crippen LogP contribution in [0.2, 0.25) is 0 Å². The molecule has 1 unspecified atom stereocenters. The van der Waals surface area contributed by atoms with Crippen LogP contribution in [0.5, 0.6) is 0 Å². The molecule has 126 valence electrons. The summed E-state index contributed by atoms with van der Waals surface area (Å²) in [5.41, 5.74) is 1.12. The Morgan fingerprint density at radius 3 is 2.62 bits per heavy atom. The molecule has 6 nitrogen and oxygen atoms in total. The second kappa shape index (κ2) is 6.07. The molecule has 0 spiro atoms. The number of cyclic esters (lactones) is 1. The lowest BCUT2D eigenvalue weighted by atomic mass is 9.97. The number of carbonyl (C=O) groups excluding carboxylic acids is 2. The largest absolute Gasteiger partial charge is 0.442 e. The van der Waals surface area contributed by atoms with Gasteiger partial charge < -0.3 is 10.1 Å². The van der Waals surface area contributed by atoms with E-state index < -0.39 is 29.9 Å². The maximum atomic E-state index is 12.1. The summed E-state index contributed by atoms with van der Waals surface area (Å²) in [7, 11) is 0. The second-order valence-electron chi connectivity index (χ2n) is 5.90. The van der Waals surface area contributed by atoms with E-state index in [1.165, 1.54) is 4.90 Å². The molecule has 0 radical (unpaired) electrons. The average Bonchev–Trinajstić information content (AvgIpc) is 3.30. The summed E-state index contributed by atoms with van der Waals surface area (Å²) in [6, 6.07) is 9.38. The van der Waals surface area contributed by atoms with Gasteiger partial charge in [0.15, 0.2) is 0 Å². The topological polar surface area (TPSA) is 82.4 Å². The molecule has 1 N–H and O–H groups in total. The third kappa shape index (κ3) is 3.02. The highest BCUT2D eigenvalue weighted by Crippen LogP contribution is 2.47. The lowest BCUT2D eigenvalue weighted by molar-refractivity contribution is -0.132. The van der Waals surface area contributed by atoms with E-state index in [1.807, 2.05) is 17.4 Å². The van der Waals surface area contributed by atoms with Crippen LogP contribution in [0.1, 0.15) is 18.4 Å². The van der Waals surface area contributed by atoms with Gasteiger partial charge in [-0.3, -0.25) is 9.69 Å². The molecule has 1 atom stereocenters. The molecule has 1 saturated heterocycles. The normalized spacial score (nSPS) is 21.3. The van der Waals surface area contributed by atoms with Gasteiger partial charge in [0.05, 0.1) is 24.6 Å². The maximum Gasteiger partial charge on any atom is 0.414 e. The van der Waals surface area contributed by atoms with E-state index in [2.05, 4.69) is 6.07 Å². The zero-order chi connectivity index (χ0) is 17.3. The van der Waals surface area contributed by atoms with E-state index >= 15 is 0 Å². The van der Waals surface area contributed by atoms with Gasteiger partial charge in [-0.2, -0.15) is 14.0 Å². The number of alkyl halides is 2. The Balaban J connectivity index is 1.62. The molecule has 1 heterocycles. The number of nitrogens with one attached hydrogen (secondary N) is 1. The van der Waals surface area contributed by atoms with Gasteiger partial charge in [0.2, 0.25) is 0 Å². The number of benzene rings is 1. The second-order valence-corrected chi connectivity index (χ2v) is 5.90. The molecule has 1 aliphatic carbocycles. The fraction of sp³-hybridized carbons (Fsp3) is 0.438. The predicted octanol–water partition coefficient (Wildman–Crippen LogP) is 1.95. The quantitative estimate of drug-likeness (QED) is 0.891. The highest BCUT2D eigenvalue weighted by molar-refractivity contribution is 5.90. The number of carbonyl (C=O) groups is 2. The third-order valence-corrected chi connectivity index (χ3v) is 4.27. The standard InChI is InChI=1S/C16H15F2N3O3/c17-13(18)14(22)20-7-12-8-21(15(23)24-12)11-3-1-10(2-4-11)16(9-19)5-6-16/h1-4,12-13H,5-8H2,(H,20,22). The van der Waals surface area contributed by atoms with Crippen LogP contribution in [0.15, 0.2) is 24.3 Å². The average molecular weight is 335 g/mol. The zero-order valence-corrected chi connectivity index (χ0v) is 12.7. The number of anilines is 1. The van der Waals surface area contributed by atoms with Crippen LogP contribution >= 0.6 is 0 Å². The summed E-state index contributed by atoms with van der Waals surface area (Å²) < 4.78 is 29.3. The van der Waals surface area contributed by atoms with Crippen molar-refractivity contribution in [2.75, 3.05) is 18.0 Å². The summed E-state index contributed by atoms with van der Waals surface area (Å²) in [6.45, 7) is -0.00781. The first-order valence-corrected chi connectivity index (χ1v) is 7.51. The van der Waals surface area contributed by atoms with Gasteiger partial charge >= 0.3 is 12.5 Å². The Morgan fingerprint density at radius 1 is 1.42 bits per heavy atom. The van der Waals surface area contributed by atoms with Crippen molar-refractivity contribution >= 4 is 17.7 Å². The van der Waals surface area contributed by atoms with Crippen molar-refractivity contribution in [2.24, 2.45) is 0 Å². The first-order chi connectivity index (χ1) is 11.4. The summed E-state index contributed by atoms with van der Waals surface area (Å²) in [5.74, 6) is -1.39. The molecule has 2 aliphatic rings. The minimum absolute atomic E-state index is 0.158. The summed E-state index contributed by atoms with van der Waals surface area (Å²) in [6.07, 6.45) is -2.71. The van der Waals surface area contributed by atoms with Crippen molar-refractivity contribution in [3.8, 4) is 6.07 Å². The molecule has 2 amide bonds. The van der Waals surface area contributed by atoms with E-state index in [0.717, 1.165) is 18.4 Å². The molecule has 1 aromatic carbocycles. The summed E-state index contributed by atoms with van der Waals surface area (Å²) in [5, 5.41) is 11.2. The van der Waals surface area contributed by atoms with Gasteiger partial charge in [0.25, 0.3) is 5.91 Å². The molecular formula is C16H15F2N3O3. The molecule has 1 aromatic rings. The van der Waals surface area contributed by atoms with Gasteiger partial charge in [-0.15, -0.1) is 0 Å². The fourth-order valence-electron chi connectivity index (χ4n) is 2.68. The SMILES string of the molecule is N#CC1(c2ccc(N3CC(CNC(=O)C(F)F)OC3=O)cc2)CC1. The fourth-order valence-corrected chi connectivity index (χ4v) is 2.68. The van der Waals surface area contributed by atoms with Crippen molar-refractivity contribution in [1.82, 2.24) is 5.32 Å². The van der Waals surface area contributed by atoms with Crippen LogP contribution in [-0.2, 0) is 14.9 Å². The van der Waals surface area contributed by atoms with Gasteiger partial charge in [-0.1, -0.05) is 12.1 Å². The van der Waals surface area contributed by atoms with Gasteiger partial charge in [0.1, 0.15) is 6.10 Å². The van der Waals surface area contributed by atoms with Crippen LogP contribution in [0, 0.1) is 11.3 Å². The Morgan fingerprint density at radius 2 is 2.08 bits per heavy atom. The van der Waals surface area contributed by atoms with Gasteiger partial charge in [-0.25, -0.2) is 4.79 Å². The number of amides is 2. The van der Waals surface area contributed by atoms with Crippen molar-refractivity contribution in [3.63, 3.8) is 0 Å². The number of halogens is 2. The third-order valence-electron chi connectivity index (χ3n) is 4.27. The van der Waals surface area contributed by atoms with Crippen molar-refractivity contribution < 1.29 is 23.1 Å². The highest BCUT2D eigenvalue weighted by atomic mass is 19.3. The number of hydrogen-bond donors (Lipinski definition) is 1.